The second-order valence-corrected chi connectivity index (χ2v) is 6.86. The first-order chi connectivity index (χ1) is 9.50. The van der Waals surface area contributed by atoms with E-state index in [4.69, 9.17) is 0 Å². The number of hydrogen-bond donors (Lipinski definition) is 1. The summed E-state index contributed by atoms with van der Waals surface area (Å²) < 4.78 is 0. The van der Waals surface area contributed by atoms with Gasteiger partial charge in [-0.3, -0.25) is 9.59 Å². The molecule has 0 spiro atoms. The second kappa shape index (κ2) is 6.61. The van der Waals surface area contributed by atoms with Gasteiger partial charge in [-0.2, -0.15) is 0 Å². The largest absolute Gasteiger partial charge is 0.480 e. The van der Waals surface area contributed by atoms with Crippen LogP contribution in [0, 0.1) is 5.92 Å². The predicted molar refractivity (Wildman–Crippen MR) is 76.4 cm³/mol. The van der Waals surface area contributed by atoms with Crippen LogP contribution in [-0.4, -0.2) is 44.8 Å². The van der Waals surface area contributed by atoms with Crippen LogP contribution in [0.2, 0.25) is 0 Å². The Bertz CT molecular complexity index is 412. The maximum Gasteiger partial charge on any atom is 0.326 e. The van der Waals surface area contributed by atoms with Crippen LogP contribution >= 0.6 is 11.8 Å². The van der Waals surface area contributed by atoms with Crippen LogP contribution < -0.4 is 0 Å². The van der Waals surface area contributed by atoms with Crippen LogP contribution in [0.1, 0.15) is 45.4 Å². The van der Waals surface area contributed by atoms with Gasteiger partial charge in [-0.15, -0.1) is 0 Å². The third-order valence-corrected chi connectivity index (χ3v) is 5.10. The molecule has 0 aromatic carbocycles. The van der Waals surface area contributed by atoms with Gasteiger partial charge in [0.1, 0.15) is 6.04 Å². The van der Waals surface area contributed by atoms with E-state index in [1.54, 1.807) is 4.90 Å². The lowest BCUT2D eigenvalue weighted by molar-refractivity contribution is -0.149. The molecule has 112 valence electrons. The normalized spacial score (nSPS) is 29.1. The molecule has 2 fully saturated rings. The molecule has 0 aromatic rings. The van der Waals surface area contributed by atoms with Crippen LogP contribution in [0.25, 0.3) is 0 Å². The molecule has 6 heteroatoms. The van der Waals surface area contributed by atoms with Crippen LogP contribution in [0.4, 0.5) is 0 Å². The molecule has 1 aliphatic heterocycles. The number of carbonyl (C=O) groups excluding carboxylic acids is 2. The van der Waals surface area contributed by atoms with Crippen LogP contribution in [0.5, 0.6) is 0 Å². The van der Waals surface area contributed by atoms with E-state index in [1.165, 1.54) is 6.92 Å². The zero-order valence-corrected chi connectivity index (χ0v) is 12.5. The summed E-state index contributed by atoms with van der Waals surface area (Å²) >= 11 is 1.12. The number of carboxylic acid groups (broad SMARTS) is 1. The highest BCUT2D eigenvalue weighted by Crippen LogP contribution is 2.40. The third-order valence-electron chi connectivity index (χ3n) is 4.28. The molecular formula is C14H21NO4S. The van der Waals surface area contributed by atoms with E-state index in [2.05, 4.69) is 0 Å². The minimum absolute atomic E-state index is 0.00968. The molecule has 1 heterocycles. The van der Waals surface area contributed by atoms with Crippen molar-refractivity contribution in [2.75, 3.05) is 5.75 Å². The third kappa shape index (κ3) is 3.34. The lowest BCUT2D eigenvalue weighted by Gasteiger charge is -2.33. The van der Waals surface area contributed by atoms with Gasteiger partial charge >= 0.3 is 5.97 Å². The molecule has 0 aromatic heterocycles. The molecule has 2 rings (SSSR count). The van der Waals surface area contributed by atoms with Crippen molar-refractivity contribution in [1.29, 1.82) is 0 Å². The first-order valence-electron chi connectivity index (χ1n) is 7.18. The highest BCUT2D eigenvalue weighted by atomic mass is 32.2. The molecule has 20 heavy (non-hydrogen) atoms. The Hall–Kier alpha value is -1.04. The van der Waals surface area contributed by atoms with Crippen molar-refractivity contribution in [1.82, 2.24) is 4.90 Å². The number of amides is 1. The summed E-state index contributed by atoms with van der Waals surface area (Å²) in [7, 11) is 0. The van der Waals surface area contributed by atoms with Gasteiger partial charge in [0, 0.05) is 25.1 Å². The number of thioether (sulfide) groups is 1. The van der Waals surface area contributed by atoms with Gasteiger partial charge < -0.3 is 10.0 Å². The second-order valence-electron chi connectivity index (χ2n) is 5.59. The molecular weight excluding hydrogens is 278 g/mol. The first kappa shape index (κ1) is 15.4. The summed E-state index contributed by atoms with van der Waals surface area (Å²) in [6, 6.07) is -0.572. The van der Waals surface area contributed by atoms with Crippen molar-refractivity contribution in [2.45, 2.75) is 57.5 Å². The summed E-state index contributed by atoms with van der Waals surface area (Å²) in [5, 5.41) is 9.33. The van der Waals surface area contributed by atoms with Gasteiger partial charge in [-0.05, 0) is 25.2 Å². The maximum atomic E-state index is 12.3. The minimum atomic E-state index is -0.896. The number of rotatable bonds is 4. The van der Waals surface area contributed by atoms with E-state index >= 15 is 0 Å². The number of carboxylic acids is 1. The van der Waals surface area contributed by atoms with Crippen molar-refractivity contribution in [3.05, 3.63) is 0 Å². The Morgan fingerprint density at radius 1 is 1.25 bits per heavy atom. The molecule has 0 radical (unpaired) electrons. The van der Waals surface area contributed by atoms with Gasteiger partial charge in [0.25, 0.3) is 0 Å². The Morgan fingerprint density at radius 3 is 2.60 bits per heavy atom. The average Bonchev–Trinajstić information content (AvgIpc) is 2.77. The van der Waals surface area contributed by atoms with Crippen LogP contribution in [0.3, 0.4) is 0 Å². The van der Waals surface area contributed by atoms with Crippen LogP contribution in [-0.2, 0) is 14.4 Å². The quantitative estimate of drug-likeness (QED) is 0.858. The van der Waals surface area contributed by atoms with Crippen molar-refractivity contribution < 1.29 is 19.5 Å². The SMILES string of the molecule is CC(=O)SCCC(=O)N1C(C(=O)O)CC2CCCCC21. The lowest BCUT2D eigenvalue weighted by Crippen LogP contribution is -2.46. The van der Waals surface area contributed by atoms with E-state index < -0.39 is 12.0 Å². The summed E-state index contributed by atoms with van der Waals surface area (Å²) in [6.45, 7) is 1.47. The topological polar surface area (TPSA) is 74.7 Å². The highest BCUT2D eigenvalue weighted by molar-refractivity contribution is 8.13. The monoisotopic (exact) mass is 299 g/mol. The van der Waals surface area contributed by atoms with Gasteiger partial charge in [0.05, 0.1) is 0 Å². The summed E-state index contributed by atoms with van der Waals surface area (Å²) in [4.78, 5) is 36.2. The molecule has 1 aliphatic carbocycles. The smallest absolute Gasteiger partial charge is 0.326 e. The van der Waals surface area contributed by atoms with E-state index in [-0.39, 0.29) is 23.5 Å². The zero-order valence-electron chi connectivity index (χ0n) is 11.7. The molecule has 0 bridgehead atoms. The van der Waals surface area contributed by atoms with E-state index in [0.29, 0.717) is 18.1 Å². The number of likely N-dealkylation sites (tertiary alicyclic amines) is 1. The van der Waals surface area contributed by atoms with Crippen molar-refractivity contribution >= 4 is 28.8 Å². The Morgan fingerprint density at radius 2 is 1.95 bits per heavy atom. The fourth-order valence-corrected chi connectivity index (χ4v) is 4.01. The van der Waals surface area contributed by atoms with Crippen molar-refractivity contribution in [3.8, 4) is 0 Å². The fourth-order valence-electron chi connectivity index (χ4n) is 3.45. The predicted octanol–water partition coefficient (Wildman–Crippen LogP) is 1.90. The summed E-state index contributed by atoms with van der Waals surface area (Å²) in [5.74, 6) is -0.226. The number of fused-ring (bicyclic) bond motifs is 1. The lowest BCUT2D eigenvalue weighted by atomic mass is 9.84. The highest BCUT2D eigenvalue weighted by Gasteiger charge is 2.47. The standard InChI is InChI=1S/C14H21NO4S/c1-9(16)20-7-6-13(17)15-11-5-3-2-4-10(11)8-12(15)14(18)19/h10-12H,2-8H2,1H3,(H,18,19). The fraction of sp³-hybridized carbons (Fsp3) is 0.786. The van der Waals surface area contributed by atoms with Crippen molar-refractivity contribution in [3.63, 3.8) is 0 Å². The first-order valence-corrected chi connectivity index (χ1v) is 8.16. The van der Waals surface area contributed by atoms with Crippen molar-refractivity contribution in [2.24, 2.45) is 5.92 Å². The Kier molecular flexibility index (Phi) is 5.07. The Balaban J connectivity index is 2.02. The molecule has 1 amide bonds. The van der Waals surface area contributed by atoms with E-state index in [0.717, 1.165) is 37.4 Å². The molecule has 5 nitrogen and oxygen atoms in total. The van der Waals surface area contributed by atoms with Gasteiger partial charge in [-0.25, -0.2) is 4.79 Å². The zero-order chi connectivity index (χ0) is 14.7. The Labute approximate surface area is 123 Å². The average molecular weight is 299 g/mol. The van der Waals surface area contributed by atoms with Gasteiger partial charge in [0.15, 0.2) is 5.12 Å². The van der Waals surface area contributed by atoms with E-state index in [1.807, 2.05) is 0 Å². The number of hydrogen-bond acceptors (Lipinski definition) is 4. The molecule has 2 aliphatic rings. The number of aliphatic carboxylic acids is 1. The molecule has 1 saturated heterocycles. The molecule has 3 unspecified atom stereocenters. The maximum absolute atomic E-state index is 12.3. The molecule has 1 N–H and O–H groups in total. The van der Waals surface area contributed by atoms with Gasteiger partial charge in [0.2, 0.25) is 5.91 Å². The summed E-state index contributed by atoms with van der Waals surface area (Å²) in [6.07, 6.45) is 4.98. The minimum Gasteiger partial charge on any atom is -0.480 e. The molecule has 1 saturated carbocycles. The number of carbonyl (C=O) groups is 3. The van der Waals surface area contributed by atoms with Crippen LogP contribution in [0.15, 0.2) is 0 Å². The summed E-state index contributed by atoms with van der Waals surface area (Å²) in [5.41, 5.74) is 0. The van der Waals surface area contributed by atoms with Gasteiger partial charge in [-0.1, -0.05) is 24.6 Å². The molecule has 3 atom stereocenters. The van der Waals surface area contributed by atoms with E-state index in [9.17, 15) is 19.5 Å². The number of nitrogens with zero attached hydrogens (tertiary/aromatic N) is 1.